The van der Waals surface area contributed by atoms with Gasteiger partial charge in [0.2, 0.25) is 0 Å². The van der Waals surface area contributed by atoms with E-state index in [1.807, 2.05) is 24.3 Å². The summed E-state index contributed by atoms with van der Waals surface area (Å²) in [5.41, 5.74) is 0.944. The average molecular weight is 494 g/mol. The van der Waals surface area contributed by atoms with E-state index in [1.54, 1.807) is 21.3 Å². The van der Waals surface area contributed by atoms with Crippen LogP contribution in [0.5, 0.6) is 5.75 Å². The molecule has 0 aliphatic rings. The van der Waals surface area contributed by atoms with Gasteiger partial charge in [0.1, 0.15) is 5.75 Å². The Bertz CT molecular complexity index is 517. The Morgan fingerprint density at radius 1 is 1.07 bits per heavy atom. The summed E-state index contributed by atoms with van der Waals surface area (Å²) in [4.78, 5) is 6.52. The molecule has 27 heavy (non-hydrogen) atoms. The molecule has 0 bridgehead atoms. The molecule has 0 aliphatic heterocycles. The maximum Gasteiger partial charge on any atom is 0.195 e. The van der Waals surface area contributed by atoms with Crippen molar-refractivity contribution < 1.29 is 14.2 Å². The van der Waals surface area contributed by atoms with E-state index in [1.165, 1.54) is 0 Å². The maximum atomic E-state index is 5.73. The SMILES string of the molecule is CN=C(NCCCN(C)CCOC)Nc1cccc(OCCCOC)c1.I. The first-order valence-corrected chi connectivity index (χ1v) is 9.06. The monoisotopic (exact) mass is 494 g/mol. The molecule has 0 saturated carbocycles. The van der Waals surface area contributed by atoms with Crippen LogP contribution in [0.3, 0.4) is 0 Å². The zero-order chi connectivity index (χ0) is 19.0. The molecule has 0 spiro atoms. The second-order valence-electron chi connectivity index (χ2n) is 6.00. The van der Waals surface area contributed by atoms with Crippen LogP contribution in [0.1, 0.15) is 12.8 Å². The number of guanidine groups is 1. The number of halogens is 1. The van der Waals surface area contributed by atoms with Crippen molar-refractivity contribution >= 4 is 35.6 Å². The standard InChI is InChI=1S/C19H34N4O3.HI/c1-20-19(21-10-6-11-23(2)12-15-25-4)22-17-8-5-9-18(16-17)26-14-7-13-24-3;/h5,8-9,16H,6-7,10-15H2,1-4H3,(H2,20,21,22);1H. The number of ether oxygens (including phenoxy) is 3. The topological polar surface area (TPSA) is 67.4 Å². The zero-order valence-electron chi connectivity index (χ0n) is 17.0. The quantitative estimate of drug-likeness (QED) is 0.190. The van der Waals surface area contributed by atoms with Crippen molar-refractivity contribution in [2.75, 3.05) is 73.1 Å². The van der Waals surface area contributed by atoms with Crippen LogP contribution in [0.15, 0.2) is 29.3 Å². The van der Waals surface area contributed by atoms with Gasteiger partial charge in [0.05, 0.1) is 13.2 Å². The molecule has 0 atom stereocenters. The van der Waals surface area contributed by atoms with Crippen LogP contribution < -0.4 is 15.4 Å². The Morgan fingerprint density at radius 3 is 2.56 bits per heavy atom. The lowest BCUT2D eigenvalue weighted by Crippen LogP contribution is -2.33. The third-order valence-corrected chi connectivity index (χ3v) is 3.77. The molecule has 0 fully saturated rings. The summed E-state index contributed by atoms with van der Waals surface area (Å²) in [6.07, 6.45) is 1.90. The number of nitrogens with one attached hydrogen (secondary N) is 2. The number of rotatable bonds is 13. The molecule has 0 unspecified atom stereocenters. The van der Waals surface area contributed by atoms with E-state index in [0.717, 1.165) is 56.5 Å². The molecule has 8 heteroatoms. The first-order valence-electron chi connectivity index (χ1n) is 9.06. The molecule has 1 aromatic carbocycles. The zero-order valence-corrected chi connectivity index (χ0v) is 19.3. The maximum absolute atomic E-state index is 5.73. The summed E-state index contributed by atoms with van der Waals surface area (Å²) in [5.74, 6) is 1.59. The lowest BCUT2D eigenvalue weighted by Gasteiger charge is -2.17. The lowest BCUT2D eigenvalue weighted by atomic mass is 10.3. The Balaban J connectivity index is 0.00000676. The molecule has 2 N–H and O–H groups in total. The van der Waals surface area contributed by atoms with Crippen molar-refractivity contribution in [3.63, 3.8) is 0 Å². The van der Waals surface area contributed by atoms with Crippen molar-refractivity contribution in [2.45, 2.75) is 12.8 Å². The summed E-state index contributed by atoms with van der Waals surface area (Å²) < 4.78 is 15.8. The number of aliphatic imine (C=N–C) groups is 1. The van der Waals surface area contributed by atoms with Crippen LogP contribution in [-0.2, 0) is 9.47 Å². The number of hydrogen-bond acceptors (Lipinski definition) is 5. The van der Waals surface area contributed by atoms with Crippen LogP contribution in [0.25, 0.3) is 0 Å². The summed E-state index contributed by atoms with van der Waals surface area (Å²) in [5, 5.41) is 6.63. The summed E-state index contributed by atoms with van der Waals surface area (Å²) in [6.45, 7) is 4.91. The van der Waals surface area contributed by atoms with Crippen LogP contribution in [0.2, 0.25) is 0 Å². The van der Waals surface area contributed by atoms with E-state index in [0.29, 0.717) is 13.2 Å². The Kier molecular flexibility index (Phi) is 16.3. The van der Waals surface area contributed by atoms with Crippen LogP contribution >= 0.6 is 24.0 Å². The van der Waals surface area contributed by atoms with Crippen molar-refractivity contribution in [1.82, 2.24) is 10.2 Å². The van der Waals surface area contributed by atoms with Gasteiger partial charge in [-0.05, 0) is 32.1 Å². The molecule has 0 aliphatic carbocycles. The van der Waals surface area contributed by atoms with Crippen molar-refractivity contribution in [3.8, 4) is 5.75 Å². The van der Waals surface area contributed by atoms with E-state index in [2.05, 4.69) is 27.6 Å². The van der Waals surface area contributed by atoms with Gasteiger partial charge in [-0.2, -0.15) is 0 Å². The highest BCUT2D eigenvalue weighted by Gasteiger charge is 2.02. The van der Waals surface area contributed by atoms with E-state index >= 15 is 0 Å². The normalized spacial score (nSPS) is 11.2. The molecule has 1 aromatic rings. The number of hydrogen-bond donors (Lipinski definition) is 2. The van der Waals surface area contributed by atoms with Gasteiger partial charge in [-0.3, -0.25) is 4.99 Å². The predicted molar refractivity (Wildman–Crippen MR) is 123 cm³/mol. The van der Waals surface area contributed by atoms with E-state index < -0.39 is 0 Å². The van der Waals surface area contributed by atoms with Gasteiger partial charge < -0.3 is 29.7 Å². The van der Waals surface area contributed by atoms with E-state index in [-0.39, 0.29) is 24.0 Å². The highest BCUT2D eigenvalue weighted by atomic mass is 127. The van der Waals surface area contributed by atoms with Gasteiger partial charge >= 0.3 is 0 Å². The highest BCUT2D eigenvalue weighted by molar-refractivity contribution is 14.0. The first kappa shape index (κ1) is 25.9. The molecule has 0 saturated heterocycles. The van der Waals surface area contributed by atoms with Crippen LogP contribution in [0.4, 0.5) is 5.69 Å². The molecule has 1 rings (SSSR count). The average Bonchev–Trinajstić information content (AvgIpc) is 2.66. The number of benzene rings is 1. The molecule has 0 amide bonds. The smallest absolute Gasteiger partial charge is 0.195 e. The molecule has 0 heterocycles. The van der Waals surface area contributed by atoms with Gasteiger partial charge in [0.15, 0.2) is 5.96 Å². The second kappa shape index (κ2) is 17.0. The van der Waals surface area contributed by atoms with E-state index in [4.69, 9.17) is 14.2 Å². The highest BCUT2D eigenvalue weighted by Crippen LogP contribution is 2.17. The summed E-state index contributed by atoms with van der Waals surface area (Å²) in [7, 11) is 7.29. The second-order valence-corrected chi connectivity index (χ2v) is 6.00. The van der Waals surface area contributed by atoms with Crippen molar-refractivity contribution in [1.29, 1.82) is 0 Å². The lowest BCUT2D eigenvalue weighted by molar-refractivity contribution is 0.161. The van der Waals surface area contributed by atoms with Gasteiger partial charge in [-0.1, -0.05) is 6.07 Å². The molecule has 0 radical (unpaired) electrons. The number of methoxy groups -OCH3 is 2. The fourth-order valence-corrected chi connectivity index (χ4v) is 2.29. The summed E-state index contributed by atoms with van der Waals surface area (Å²) >= 11 is 0. The Labute approximate surface area is 180 Å². The fraction of sp³-hybridized carbons (Fsp3) is 0.632. The predicted octanol–water partition coefficient (Wildman–Crippen LogP) is 2.68. The summed E-state index contributed by atoms with van der Waals surface area (Å²) in [6, 6.07) is 7.88. The number of nitrogens with zero attached hydrogens (tertiary/aromatic N) is 2. The molecular formula is C19H35IN4O3. The number of anilines is 1. The Hall–Kier alpha value is -1.10. The molecule has 156 valence electrons. The minimum Gasteiger partial charge on any atom is -0.493 e. The number of likely N-dealkylation sites (N-methyl/N-ethyl adjacent to an activating group) is 1. The first-order chi connectivity index (χ1) is 12.7. The van der Waals surface area contributed by atoms with Crippen LogP contribution in [0, 0.1) is 0 Å². The van der Waals surface area contributed by atoms with E-state index in [9.17, 15) is 0 Å². The fourth-order valence-electron chi connectivity index (χ4n) is 2.29. The van der Waals surface area contributed by atoms with Gasteiger partial charge in [-0.25, -0.2) is 0 Å². The minimum absolute atomic E-state index is 0. The molecule has 7 nitrogen and oxygen atoms in total. The van der Waals surface area contributed by atoms with Crippen molar-refractivity contribution in [3.05, 3.63) is 24.3 Å². The van der Waals surface area contributed by atoms with Crippen LogP contribution in [-0.4, -0.2) is 78.6 Å². The van der Waals surface area contributed by atoms with Gasteiger partial charge in [0, 0.05) is 59.1 Å². The molecular weight excluding hydrogens is 459 g/mol. The third-order valence-electron chi connectivity index (χ3n) is 3.77. The van der Waals surface area contributed by atoms with Crippen molar-refractivity contribution in [2.24, 2.45) is 4.99 Å². The minimum atomic E-state index is 0. The van der Waals surface area contributed by atoms with Gasteiger partial charge in [-0.15, -0.1) is 24.0 Å². The molecule has 0 aromatic heterocycles. The van der Waals surface area contributed by atoms with Gasteiger partial charge in [0.25, 0.3) is 0 Å². The third kappa shape index (κ3) is 12.8. The largest absolute Gasteiger partial charge is 0.493 e. The Morgan fingerprint density at radius 2 is 1.85 bits per heavy atom.